The van der Waals surface area contributed by atoms with E-state index in [0.29, 0.717) is 10.5 Å². The monoisotopic (exact) mass is 451 g/mol. The molecule has 1 saturated heterocycles. The van der Waals surface area contributed by atoms with Crippen LogP contribution in [0.3, 0.4) is 0 Å². The molecule has 0 N–H and O–H groups in total. The molecule has 4 rings (SSSR count). The van der Waals surface area contributed by atoms with Gasteiger partial charge < -0.3 is 4.90 Å². The summed E-state index contributed by atoms with van der Waals surface area (Å²) in [7, 11) is 0. The summed E-state index contributed by atoms with van der Waals surface area (Å²) < 4.78 is 37.5. The molecule has 0 bridgehead atoms. The number of urea groups is 1. The first-order chi connectivity index (χ1) is 14.2. The van der Waals surface area contributed by atoms with Crippen LogP contribution in [0.4, 0.5) is 23.7 Å². The molecule has 30 heavy (non-hydrogen) atoms. The number of imide groups is 1. The van der Waals surface area contributed by atoms with Gasteiger partial charge in [0.1, 0.15) is 6.54 Å². The highest BCUT2D eigenvalue weighted by atomic mass is 35.5. The van der Waals surface area contributed by atoms with E-state index in [0.717, 1.165) is 15.8 Å². The number of amides is 3. The number of thioether (sulfide) groups is 1. The summed E-state index contributed by atoms with van der Waals surface area (Å²) in [6, 6.07) is 11.6. The molecule has 0 saturated carbocycles. The number of rotatable bonds is 4. The number of hydrogen-bond acceptors (Lipinski definition) is 4. The number of halogens is 4. The van der Waals surface area contributed by atoms with Crippen LogP contribution in [0.2, 0.25) is 5.02 Å². The van der Waals surface area contributed by atoms with E-state index in [2.05, 4.69) is 4.98 Å². The molecule has 154 valence electrons. The number of carbonyl (C=O) groups excluding carboxylic acids is 2. The molecular weight excluding hydrogens is 439 g/mol. The number of benzene rings is 2. The quantitative estimate of drug-likeness (QED) is 0.390. The Bertz CT molecular complexity index is 1140. The number of hydrogen-bond donors (Lipinski definition) is 0. The Balaban J connectivity index is 1.55. The van der Waals surface area contributed by atoms with E-state index in [1.165, 1.54) is 29.2 Å². The second-order valence-corrected chi connectivity index (χ2v) is 8.12. The summed E-state index contributed by atoms with van der Waals surface area (Å²) in [6.45, 7) is 0.0546. The highest BCUT2D eigenvalue weighted by Gasteiger charge is 2.37. The van der Waals surface area contributed by atoms with E-state index >= 15 is 0 Å². The fourth-order valence-corrected chi connectivity index (χ4v) is 3.95. The summed E-state index contributed by atoms with van der Waals surface area (Å²) in [4.78, 5) is 31.9. The number of aromatic nitrogens is 1. The van der Waals surface area contributed by atoms with Crippen molar-refractivity contribution in [3.05, 3.63) is 65.3 Å². The first-order valence-electron chi connectivity index (χ1n) is 8.72. The molecule has 0 unspecified atom stereocenters. The lowest BCUT2D eigenvalue weighted by Crippen LogP contribution is -2.32. The second-order valence-electron chi connectivity index (χ2n) is 6.54. The topological polar surface area (TPSA) is 53.5 Å². The normalized spacial score (nSPS) is 14.8. The van der Waals surface area contributed by atoms with Crippen LogP contribution in [0, 0.1) is 0 Å². The minimum atomic E-state index is -4.41. The summed E-state index contributed by atoms with van der Waals surface area (Å²) in [6.07, 6.45) is 1.60. The zero-order valence-corrected chi connectivity index (χ0v) is 16.8. The lowest BCUT2D eigenvalue weighted by Gasteiger charge is -2.18. The molecule has 1 fully saturated rings. The Hall–Kier alpha value is -2.78. The third kappa shape index (κ3) is 4.22. The number of fused-ring (bicyclic) bond motifs is 1. The van der Waals surface area contributed by atoms with Crippen molar-refractivity contribution in [3.8, 4) is 0 Å². The molecule has 0 atom stereocenters. The third-order valence-electron chi connectivity index (χ3n) is 4.52. The first-order valence-corrected chi connectivity index (χ1v) is 9.91. The summed E-state index contributed by atoms with van der Waals surface area (Å²) in [5.41, 5.74) is -2.70. The zero-order valence-electron chi connectivity index (χ0n) is 15.2. The number of alkyl halides is 3. The van der Waals surface area contributed by atoms with Gasteiger partial charge in [-0.15, -0.1) is 0 Å². The van der Waals surface area contributed by atoms with Crippen molar-refractivity contribution in [2.24, 2.45) is 0 Å². The van der Waals surface area contributed by atoms with Gasteiger partial charge in [0.25, 0.3) is 5.91 Å². The highest BCUT2D eigenvalue weighted by Crippen LogP contribution is 2.37. The standard InChI is InChI=1S/C20H13ClF3N3O2S/c21-13-1-6-16-12(7-8-25-17(16)9-13)10-26-11-18(28)27(19(26)29)14-2-4-15(5-3-14)30-20(22,23)24/h1-9H,10-11H2. The Morgan fingerprint density at radius 2 is 1.80 bits per heavy atom. The minimum absolute atomic E-state index is 0.0240. The van der Waals surface area contributed by atoms with Crippen molar-refractivity contribution in [3.63, 3.8) is 0 Å². The average molecular weight is 452 g/mol. The van der Waals surface area contributed by atoms with Crippen LogP contribution in [0.5, 0.6) is 0 Å². The van der Waals surface area contributed by atoms with Crippen molar-refractivity contribution in [1.82, 2.24) is 9.88 Å². The van der Waals surface area contributed by atoms with Crippen LogP contribution in [0.25, 0.3) is 10.9 Å². The lowest BCUT2D eigenvalue weighted by molar-refractivity contribution is -0.116. The Labute approximate surface area is 178 Å². The first kappa shape index (κ1) is 20.5. The van der Waals surface area contributed by atoms with Crippen molar-refractivity contribution in [2.45, 2.75) is 16.9 Å². The second kappa shape index (κ2) is 7.81. The maximum Gasteiger partial charge on any atom is 0.446 e. The van der Waals surface area contributed by atoms with E-state index in [1.54, 1.807) is 30.5 Å². The molecule has 3 aromatic rings. The SMILES string of the molecule is O=C1CN(Cc2ccnc3cc(Cl)ccc23)C(=O)N1c1ccc(SC(F)(F)F)cc1. The number of anilines is 1. The van der Waals surface area contributed by atoms with Crippen LogP contribution in [-0.4, -0.2) is 33.9 Å². The maximum atomic E-state index is 12.8. The highest BCUT2D eigenvalue weighted by molar-refractivity contribution is 8.00. The molecule has 0 radical (unpaired) electrons. The predicted octanol–water partition coefficient (Wildman–Crippen LogP) is 5.47. The fourth-order valence-electron chi connectivity index (χ4n) is 3.25. The molecule has 5 nitrogen and oxygen atoms in total. The van der Waals surface area contributed by atoms with Crippen molar-refractivity contribution < 1.29 is 22.8 Å². The molecule has 10 heteroatoms. The van der Waals surface area contributed by atoms with Crippen molar-refractivity contribution >= 4 is 51.9 Å². The van der Waals surface area contributed by atoms with Gasteiger partial charge in [0.2, 0.25) is 0 Å². The van der Waals surface area contributed by atoms with Crippen LogP contribution < -0.4 is 4.90 Å². The fraction of sp³-hybridized carbons (Fsp3) is 0.150. The van der Waals surface area contributed by atoms with Gasteiger partial charge in [-0.3, -0.25) is 9.78 Å². The molecular formula is C20H13ClF3N3O2S. The largest absolute Gasteiger partial charge is 0.446 e. The number of nitrogens with zero attached hydrogens (tertiary/aromatic N) is 3. The van der Waals surface area contributed by atoms with Crippen molar-refractivity contribution in [1.29, 1.82) is 0 Å². The van der Waals surface area contributed by atoms with Crippen LogP contribution in [-0.2, 0) is 11.3 Å². The van der Waals surface area contributed by atoms with E-state index in [9.17, 15) is 22.8 Å². The Morgan fingerprint density at radius 1 is 1.07 bits per heavy atom. The van der Waals surface area contributed by atoms with Crippen LogP contribution in [0.15, 0.2) is 59.6 Å². The summed E-state index contributed by atoms with van der Waals surface area (Å²) in [5, 5.41) is 1.35. The molecule has 2 heterocycles. The maximum absolute atomic E-state index is 12.8. The molecule has 2 aromatic carbocycles. The van der Waals surface area contributed by atoms with Gasteiger partial charge in [-0.1, -0.05) is 17.7 Å². The van der Waals surface area contributed by atoms with Gasteiger partial charge in [0.05, 0.1) is 11.2 Å². The zero-order chi connectivity index (χ0) is 21.5. The lowest BCUT2D eigenvalue weighted by atomic mass is 10.1. The third-order valence-corrected chi connectivity index (χ3v) is 5.50. The van der Waals surface area contributed by atoms with Gasteiger partial charge in [-0.25, -0.2) is 9.69 Å². The van der Waals surface area contributed by atoms with Gasteiger partial charge in [0, 0.05) is 28.0 Å². The van der Waals surface area contributed by atoms with Crippen molar-refractivity contribution in [2.75, 3.05) is 11.4 Å². The minimum Gasteiger partial charge on any atom is -0.310 e. The summed E-state index contributed by atoms with van der Waals surface area (Å²) in [5.74, 6) is -0.447. The van der Waals surface area contributed by atoms with Crippen LogP contribution in [0.1, 0.15) is 5.56 Å². The molecule has 0 aliphatic carbocycles. The van der Waals surface area contributed by atoms with Gasteiger partial charge in [0.15, 0.2) is 0 Å². The van der Waals surface area contributed by atoms with E-state index in [4.69, 9.17) is 11.6 Å². The van der Waals surface area contributed by atoms with E-state index in [-0.39, 0.29) is 35.4 Å². The smallest absolute Gasteiger partial charge is 0.310 e. The van der Waals surface area contributed by atoms with Crippen LogP contribution >= 0.6 is 23.4 Å². The Morgan fingerprint density at radius 3 is 2.50 bits per heavy atom. The number of pyridine rings is 1. The Kier molecular flexibility index (Phi) is 5.33. The molecule has 1 aromatic heterocycles. The van der Waals surface area contributed by atoms with E-state index < -0.39 is 17.4 Å². The van der Waals surface area contributed by atoms with Gasteiger partial charge >= 0.3 is 11.5 Å². The predicted molar refractivity (Wildman–Crippen MR) is 108 cm³/mol. The molecule has 0 spiro atoms. The van der Waals surface area contributed by atoms with Gasteiger partial charge in [-0.05, 0) is 59.8 Å². The molecule has 1 aliphatic heterocycles. The number of carbonyl (C=O) groups is 2. The molecule has 3 amide bonds. The van der Waals surface area contributed by atoms with Gasteiger partial charge in [-0.2, -0.15) is 13.2 Å². The molecule has 1 aliphatic rings. The van der Waals surface area contributed by atoms with E-state index in [1.807, 2.05) is 0 Å². The summed E-state index contributed by atoms with van der Waals surface area (Å²) >= 11 is 5.74. The average Bonchev–Trinajstić information content (AvgIpc) is 2.94.